The van der Waals surface area contributed by atoms with Crippen molar-refractivity contribution in [2.45, 2.75) is 32.1 Å². The molecule has 1 saturated heterocycles. The van der Waals surface area contributed by atoms with Crippen LogP contribution in [0, 0.1) is 17.8 Å². The van der Waals surface area contributed by atoms with E-state index in [9.17, 15) is 24.3 Å². The Balaban J connectivity index is 1.17. The lowest BCUT2D eigenvalue weighted by molar-refractivity contribution is -0.123. The summed E-state index contributed by atoms with van der Waals surface area (Å²) in [6.45, 7) is 5.42. The summed E-state index contributed by atoms with van der Waals surface area (Å²) >= 11 is 0. The summed E-state index contributed by atoms with van der Waals surface area (Å²) in [5.74, 6) is -3.21. The van der Waals surface area contributed by atoms with Crippen molar-refractivity contribution in [3.8, 4) is 17.2 Å². The first-order valence-corrected chi connectivity index (χ1v) is 15.7. The number of carbonyl (C=O) groups excluding carboxylic acids is 4. The fraction of sp³-hybridized carbons (Fsp3) is 0.205. The number of oxazole rings is 1. The molecule has 3 aliphatic carbocycles. The number of ketones is 2. The zero-order valence-corrected chi connectivity index (χ0v) is 25.6. The average molecular weight is 623 g/mol. The number of aromatic nitrogens is 1. The average Bonchev–Trinajstić information content (AvgIpc) is 3.62. The fourth-order valence-electron chi connectivity index (χ4n) is 7.88. The minimum absolute atomic E-state index is 0.0369. The quantitative estimate of drug-likeness (QED) is 0.152. The molecule has 1 aromatic heterocycles. The molecule has 1 aliphatic heterocycles. The van der Waals surface area contributed by atoms with Crippen molar-refractivity contribution >= 4 is 40.2 Å². The number of aromatic hydroxyl groups is 1. The number of para-hydroxylation sites is 3. The number of allylic oxidation sites excluding steroid dienone is 7. The van der Waals surface area contributed by atoms with Gasteiger partial charge >= 0.3 is 0 Å². The molecule has 4 atom stereocenters. The van der Waals surface area contributed by atoms with Crippen LogP contribution < -0.4 is 4.90 Å². The Hall–Kier alpha value is -5.63. The molecule has 1 fully saturated rings. The minimum Gasteiger partial charge on any atom is -0.507 e. The van der Waals surface area contributed by atoms with E-state index in [4.69, 9.17) is 4.42 Å². The normalized spacial score (nSPS) is 23.8. The molecule has 8 nitrogen and oxygen atoms in total. The van der Waals surface area contributed by atoms with E-state index in [2.05, 4.69) is 11.6 Å². The van der Waals surface area contributed by atoms with E-state index >= 15 is 0 Å². The number of amides is 2. The Morgan fingerprint density at radius 3 is 2.53 bits per heavy atom. The molecule has 4 aliphatic rings. The number of rotatable bonds is 5. The molecule has 2 heterocycles. The topological polar surface area (TPSA) is 118 Å². The second-order valence-corrected chi connectivity index (χ2v) is 12.6. The molecule has 0 bridgehead atoms. The molecule has 232 valence electrons. The SMILES string of the molecule is C=CCc1cccc(C2C3=CCC4C(=O)N(c5ccc(-c6nc7ccccc7o6)cc5)C(=O)C4C3CC3=C2C(=O)C(C)=CC3=O)c1O. The third-order valence-electron chi connectivity index (χ3n) is 10.1. The van der Waals surface area contributed by atoms with Gasteiger partial charge in [-0.3, -0.25) is 24.1 Å². The van der Waals surface area contributed by atoms with Gasteiger partial charge in [0.25, 0.3) is 0 Å². The zero-order chi connectivity index (χ0) is 32.6. The van der Waals surface area contributed by atoms with Crippen LogP contribution in [0.4, 0.5) is 5.69 Å². The number of benzene rings is 3. The Labute approximate surface area is 270 Å². The number of carbonyl (C=O) groups is 4. The fourth-order valence-corrected chi connectivity index (χ4v) is 7.88. The maximum Gasteiger partial charge on any atom is 0.238 e. The van der Waals surface area contributed by atoms with E-state index in [0.717, 1.165) is 11.1 Å². The maximum atomic E-state index is 14.3. The zero-order valence-electron chi connectivity index (χ0n) is 25.6. The molecule has 47 heavy (non-hydrogen) atoms. The van der Waals surface area contributed by atoms with Crippen molar-refractivity contribution in [1.29, 1.82) is 0 Å². The van der Waals surface area contributed by atoms with Crippen LogP contribution in [0.3, 0.4) is 0 Å². The van der Waals surface area contributed by atoms with E-state index in [-0.39, 0.29) is 35.6 Å². The largest absolute Gasteiger partial charge is 0.507 e. The first-order chi connectivity index (χ1) is 22.8. The molecule has 8 heteroatoms. The number of hydrogen-bond donors (Lipinski definition) is 1. The number of anilines is 1. The maximum absolute atomic E-state index is 14.3. The van der Waals surface area contributed by atoms with Gasteiger partial charge in [-0.2, -0.15) is 0 Å². The van der Waals surface area contributed by atoms with Crippen LogP contribution in [0.25, 0.3) is 22.6 Å². The van der Waals surface area contributed by atoms with Gasteiger partial charge in [0.05, 0.1) is 17.5 Å². The van der Waals surface area contributed by atoms with Gasteiger partial charge in [-0.1, -0.05) is 48.1 Å². The molecule has 8 rings (SSSR count). The Morgan fingerprint density at radius 1 is 0.979 bits per heavy atom. The predicted molar refractivity (Wildman–Crippen MR) is 175 cm³/mol. The smallest absolute Gasteiger partial charge is 0.238 e. The Kier molecular flexibility index (Phi) is 6.58. The second-order valence-electron chi connectivity index (χ2n) is 12.6. The summed E-state index contributed by atoms with van der Waals surface area (Å²) in [4.78, 5) is 61.2. The van der Waals surface area contributed by atoms with Crippen LogP contribution >= 0.6 is 0 Å². The highest BCUT2D eigenvalue weighted by atomic mass is 16.3. The van der Waals surface area contributed by atoms with E-state index in [1.807, 2.05) is 36.4 Å². The Morgan fingerprint density at radius 2 is 1.77 bits per heavy atom. The van der Waals surface area contributed by atoms with E-state index in [0.29, 0.717) is 63.4 Å². The third kappa shape index (κ3) is 4.31. The van der Waals surface area contributed by atoms with Crippen molar-refractivity contribution in [2.24, 2.45) is 17.8 Å². The number of phenolic OH excluding ortho intramolecular Hbond substituents is 1. The summed E-state index contributed by atoms with van der Waals surface area (Å²) < 4.78 is 5.89. The van der Waals surface area contributed by atoms with Crippen LogP contribution in [0.1, 0.15) is 36.8 Å². The van der Waals surface area contributed by atoms with Gasteiger partial charge in [0, 0.05) is 33.8 Å². The molecule has 0 saturated carbocycles. The molecule has 4 aromatic rings. The molecule has 1 N–H and O–H groups in total. The summed E-state index contributed by atoms with van der Waals surface area (Å²) in [6.07, 6.45) is 5.90. The first-order valence-electron chi connectivity index (χ1n) is 15.7. The number of hydrogen-bond acceptors (Lipinski definition) is 7. The van der Waals surface area contributed by atoms with Crippen molar-refractivity contribution in [2.75, 3.05) is 4.90 Å². The van der Waals surface area contributed by atoms with Gasteiger partial charge in [-0.25, -0.2) is 4.98 Å². The van der Waals surface area contributed by atoms with Gasteiger partial charge in [0.2, 0.25) is 17.7 Å². The standard InChI is InChI=1S/C39H30N2O6/c1-3-7-21-8-6-9-25(36(21)44)32-24-16-17-26-33(27(24)19-28-30(42)18-20(2)35(43)34(28)32)39(46)41(38(26)45)23-14-12-22(13-15-23)37-40-29-10-4-5-11-31(29)47-37/h3-6,8-16,18,26-27,32-33,44H,1,7,17,19H2,2H3. The lowest BCUT2D eigenvalue weighted by Crippen LogP contribution is -2.39. The molecule has 2 amide bonds. The molecule has 4 unspecified atom stereocenters. The Bertz CT molecular complexity index is 2130. The van der Waals surface area contributed by atoms with Gasteiger partial charge in [-0.15, -0.1) is 6.58 Å². The highest BCUT2D eigenvalue weighted by Crippen LogP contribution is 2.56. The molecule has 3 aromatic carbocycles. The first kappa shape index (κ1) is 28.8. The van der Waals surface area contributed by atoms with Crippen molar-refractivity contribution in [3.63, 3.8) is 0 Å². The highest BCUT2D eigenvalue weighted by molar-refractivity contribution is 6.25. The van der Waals surface area contributed by atoms with E-state index < -0.39 is 23.7 Å². The number of phenols is 1. The van der Waals surface area contributed by atoms with Gasteiger partial charge in [0.1, 0.15) is 11.3 Å². The van der Waals surface area contributed by atoms with Gasteiger partial charge < -0.3 is 9.52 Å². The van der Waals surface area contributed by atoms with Crippen LogP contribution in [-0.4, -0.2) is 33.5 Å². The van der Waals surface area contributed by atoms with Crippen LogP contribution in [0.15, 0.2) is 118 Å². The molecular weight excluding hydrogens is 592 g/mol. The number of nitrogens with zero attached hydrogens (tertiary/aromatic N) is 2. The molecular formula is C39H30N2O6. The van der Waals surface area contributed by atoms with Gasteiger partial charge in [0.15, 0.2) is 17.1 Å². The monoisotopic (exact) mass is 622 g/mol. The van der Waals surface area contributed by atoms with Crippen molar-refractivity contribution in [1.82, 2.24) is 4.98 Å². The highest BCUT2D eigenvalue weighted by Gasteiger charge is 2.56. The summed E-state index contributed by atoms with van der Waals surface area (Å²) in [6, 6.07) is 19.8. The third-order valence-corrected chi connectivity index (χ3v) is 10.1. The van der Waals surface area contributed by atoms with Crippen LogP contribution in [-0.2, 0) is 25.6 Å². The van der Waals surface area contributed by atoms with E-state index in [1.54, 1.807) is 49.4 Å². The van der Waals surface area contributed by atoms with Gasteiger partial charge in [-0.05, 0) is 80.1 Å². The number of Topliss-reactive ketones (excluding diaryl/α,β-unsaturated/α-hetero) is 1. The van der Waals surface area contributed by atoms with Crippen LogP contribution in [0.5, 0.6) is 5.75 Å². The van der Waals surface area contributed by atoms with Crippen molar-refractivity contribution < 1.29 is 28.7 Å². The second kappa shape index (κ2) is 10.7. The number of imide groups is 1. The predicted octanol–water partition coefficient (Wildman–Crippen LogP) is 6.56. The molecule has 0 radical (unpaired) electrons. The summed E-state index contributed by atoms with van der Waals surface area (Å²) in [5, 5.41) is 11.4. The number of fused-ring (bicyclic) bond motifs is 4. The lowest BCUT2D eigenvalue weighted by atomic mass is 9.59. The lowest BCUT2D eigenvalue weighted by Gasteiger charge is -2.42. The summed E-state index contributed by atoms with van der Waals surface area (Å²) in [5.41, 5.74) is 5.54. The minimum atomic E-state index is -0.720. The van der Waals surface area contributed by atoms with E-state index in [1.165, 1.54) is 11.0 Å². The van der Waals surface area contributed by atoms with Crippen LogP contribution in [0.2, 0.25) is 0 Å². The molecule has 0 spiro atoms. The summed E-state index contributed by atoms with van der Waals surface area (Å²) in [7, 11) is 0. The van der Waals surface area contributed by atoms with Crippen molar-refractivity contribution in [3.05, 3.63) is 125 Å².